The zero-order valence-corrected chi connectivity index (χ0v) is 18.2. The summed E-state index contributed by atoms with van der Waals surface area (Å²) in [5.74, 6) is -0.444. The van der Waals surface area contributed by atoms with Gasteiger partial charge in [0.05, 0.1) is 22.8 Å². The lowest BCUT2D eigenvalue weighted by Crippen LogP contribution is -2.56. The number of benzene rings is 2. The van der Waals surface area contributed by atoms with E-state index in [0.29, 0.717) is 22.8 Å². The van der Waals surface area contributed by atoms with Gasteiger partial charge in [-0.15, -0.1) is 0 Å². The van der Waals surface area contributed by atoms with Crippen LogP contribution < -0.4 is 10.0 Å². The van der Waals surface area contributed by atoms with Gasteiger partial charge in [-0.2, -0.15) is 20.2 Å². The van der Waals surface area contributed by atoms with Gasteiger partial charge in [0, 0.05) is 0 Å². The number of amides is 2. The summed E-state index contributed by atoms with van der Waals surface area (Å²) in [4.78, 5) is 27.4. The Labute approximate surface area is 176 Å². The van der Waals surface area contributed by atoms with E-state index in [9.17, 15) is 9.59 Å². The van der Waals surface area contributed by atoms with Crippen LogP contribution in [0.2, 0.25) is 0 Å². The Morgan fingerprint density at radius 2 is 0.900 bits per heavy atom. The fourth-order valence-electron chi connectivity index (χ4n) is 4.20. The van der Waals surface area contributed by atoms with Crippen molar-refractivity contribution in [1.29, 1.82) is 0 Å². The standard InChI is InChI=1S/C24H26N4O2/c1-15-7-11-19(12-8-15)27-21(29)23(5,17(3)25-27)24(6)18(4)26-28(22(24)30)20-13-9-16(2)10-14-20/h7-14H,1-6H3/t23-,24-/m1/s1. The van der Waals surface area contributed by atoms with Crippen LogP contribution in [0.15, 0.2) is 58.7 Å². The van der Waals surface area contributed by atoms with Crippen LogP contribution in [0.1, 0.15) is 38.8 Å². The van der Waals surface area contributed by atoms with E-state index in [-0.39, 0.29) is 11.8 Å². The van der Waals surface area contributed by atoms with Gasteiger partial charge in [0.1, 0.15) is 10.8 Å². The Balaban J connectivity index is 1.75. The van der Waals surface area contributed by atoms with Crippen LogP contribution in [-0.4, -0.2) is 23.2 Å². The minimum atomic E-state index is -1.14. The smallest absolute Gasteiger partial charge is 0.260 e. The number of aryl methyl sites for hydroxylation is 2. The fraction of sp³-hybridized carbons (Fsp3) is 0.333. The van der Waals surface area contributed by atoms with E-state index in [1.165, 1.54) is 10.0 Å². The number of hydrogen-bond acceptors (Lipinski definition) is 4. The van der Waals surface area contributed by atoms with Gasteiger partial charge in [-0.1, -0.05) is 35.4 Å². The highest BCUT2D eigenvalue weighted by Gasteiger charge is 2.65. The van der Waals surface area contributed by atoms with Crippen LogP contribution in [0, 0.1) is 24.7 Å². The maximum atomic E-state index is 13.7. The number of nitrogens with zero attached hydrogens (tertiary/aromatic N) is 4. The average molecular weight is 402 g/mol. The monoisotopic (exact) mass is 402 g/mol. The summed E-state index contributed by atoms with van der Waals surface area (Å²) in [5, 5.41) is 12.0. The molecule has 2 aliphatic heterocycles. The van der Waals surface area contributed by atoms with Crippen LogP contribution in [-0.2, 0) is 9.59 Å². The normalized spacial score (nSPS) is 26.3. The quantitative estimate of drug-likeness (QED) is 0.761. The van der Waals surface area contributed by atoms with Crippen LogP contribution in [0.25, 0.3) is 0 Å². The second kappa shape index (κ2) is 6.62. The molecule has 2 heterocycles. The molecular formula is C24H26N4O2. The minimum Gasteiger partial charge on any atom is -0.271 e. The highest BCUT2D eigenvalue weighted by molar-refractivity contribution is 6.30. The molecule has 0 aliphatic carbocycles. The summed E-state index contributed by atoms with van der Waals surface area (Å²) in [5.41, 5.74) is 2.50. The zero-order chi connectivity index (χ0) is 21.8. The first-order chi connectivity index (χ1) is 14.1. The minimum absolute atomic E-state index is 0.222. The summed E-state index contributed by atoms with van der Waals surface area (Å²) in [6.45, 7) is 11.2. The molecule has 2 amide bonds. The van der Waals surface area contributed by atoms with Crippen molar-refractivity contribution in [1.82, 2.24) is 0 Å². The summed E-state index contributed by atoms with van der Waals surface area (Å²) in [6.07, 6.45) is 0. The SMILES string of the molecule is CC1=NN(c2ccc(C)cc2)C(=O)[C@]1(C)[C@@]1(C)C(=O)N(c2ccc(C)cc2)N=C1C. The zero-order valence-electron chi connectivity index (χ0n) is 18.2. The number of carbonyl (C=O) groups excluding carboxylic acids is 2. The van der Waals surface area contributed by atoms with Crippen molar-refractivity contribution in [2.24, 2.45) is 21.0 Å². The van der Waals surface area contributed by atoms with Crippen molar-refractivity contribution < 1.29 is 9.59 Å². The van der Waals surface area contributed by atoms with Gasteiger partial charge < -0.3 is 0 Å². The first kappa shape index (κ1) is 20.0. The lowest BCUT2D eigenvalue weighted by atomic mass is 9.60. The molecule has 2 aromatic carbocycles. The molecule has 2 atom stereocenters. The molecule has 2 aromatic rings. The van der Waals surface area contributed by atoms with E-state index in [0.717, 1.165) is 11.1 Å². The molecule has 0 unspecified atom stereocenters. The second-order valence-electron chi connectivity index (χ2n) is 8.53. The molecule has 2 aliphatic rings. The molecule has 0 spiro atoms. The molecule has 0 fully saturated rings. The Morgan fingerprint density at radius 3 is 1.20 bits per heavy atom. The van der Waals surface area contributed by atoms with Gasteiger partial charge in [-0.25, -0.2) is 0 Å². The van der Waals surface area contributed by atoms with Crippen LogP contribution in [0.5, 0.6) is 0 Å². The predicted octanol–water partition coefficient (Wildman–Crippen LogP) is 4.46. The topological polar surface area (TPSA) is 65.3 Å². The lowest BCUT2D eigenvalue weighted by molar-refractivity contribution is -0.135. The molecule has 0 saturated heterocycles. The van der Waals surface area contributed by atoms with Gasteiger partial charge in [0.2, 0.25) is 0 Å². The van der Waals surface area contributed by atoms with Crippen molar-refractivity contribution in [3.63, 3.8) is 0 Å². The molecule has 6 heteroatoms. The Morgan fingerprint density at radius 1 is 0.600 bits per heavy atom. The molecule has 6 nitrogen and oxygen atoms in total. The van der Waals surface area contributed by atoms with E-state index in [1.807, 2.05) is 76.2 Å². The van der Waals surface area contributed by atoms with Crippen LogP contribution >= 0.6 is 0 Å². The number of anilines is 2. The summed E-state index contributed by atoms with van der Waals surface area (Å²) >= 11 is 0. The molecule has 30 heavy (non-hydrogen) atoms. The van der Waals surface area contributed by atoms with Crippen molar-refractivity contribution in [2.45, 2.75) is 41.5 Å². The van der Waals surface area contributed by atoms with E-state index in [1.54, 1.807) is 13.8 Å². The number of rotatable bonds is 3. The van der Waals surface area contributed by atoms with Crippen LogP contribution in [0.3, 0.4) is 0 Å². The van der Waals surface area contributed by atoms with Gasteiger partial charge in [0.25, 0.3) is 11.8 Å². The van der Waals surface area contributed by atoms with Gasteiger partial charge in [-0.3, -0.25) is 9.59 Å². The van der Waals surface area contributed by atoms with Crippen molar-refractivity contribution >= 4 is 34.6 Å². The first-order valence-corrected chi connectivity index (χ1v) is 10.0. The molecular weight excluding hydrogens is 376 g/mol. The summed E-state index contributed by atoms with van der Waals surface area (Å²) in [6, 6.07) is 15.2. The highest BCUT2D eigenvalue weighted by atomic mass is 16.2. The van der Waals surface area contributed by atoms with Crippen LogP contribution in [0.4, 0.5) is 11.4 Å². The van der Waals surface area contributed by atoms with Crippen molar-refractivity contribution in [3.8, 4) is 0 Å². The average Bonchev–Trinajstić information content (AvgIpc) is 3.10. The summed E-state index contributed by atoms with van der Waals surface area (Å²) in [7, 11) is 0. The van der Waals surface area contributed by atoms with Gasteiger partial charge in [-0.05, 0) is 65.8 Å². The van der Waals surface area contributed by atoms with Gasteiger partial charge in [0.15, 0.2) is 0 Å². The number of hydrogen-bond donors (Lipinski definition) is 0. The van der Waals surface area contributed by atoms with E-state index in [2.05, 4.69) is 10.2 Å². The third-order valence-electron chi connectivity index (χ3n) is 6.74. The van der Waals surface area contributed by atoms with Gasteiger partial charge >= 0.3 is 0 Å². The van der Waals surface area contributed by atoms with Crippen molar-refractivity contribution in [3.05, 3.63) is 59.7 Å². The fourth-order valence-corrected chi connectivity index (χ4v) is 4.20. The lowest BCUT2D eigenvalue weighted by Gasteiger charge is -2.38. The van der Waals surface area contributed by atoms with Crippen molar-refractivity contribution in [2.75, 3.05) is 10.0 Å². The third kappa shape index (κ3) is 2.56. The Kier molecular flexibility index (Phi) is 4.42. The molecule has 4 rings (SSSR count). The maximum Gasteiger partial charge on any atom is 0.260 e. The molecule has 154 valence electrons. The number of carbonyl (C=O) groups is 2. The Bertz CT molecular complexity index is 1010. The summed E-state index contributed by atoms with van der Waals surface area (Å²) < 4.78 is 0. The molecule has 0 bridgehead atoms. The van der Waals surface area contributed by atoms with E-state index in [4.69, 9.17) is 0 Å². The molecule has 0 N–H and O–H groups in total. The largest absolute Gasteiger partial charge is 0.271 e. The highest BCUT2D eigenvalue weighted by Crippen LogP contribution is 2.51. The van der Waals surface area contributed by atoms with E-state index < -0.39 is 10.8 Å². The maximum absolute atomic E-state index is 13.7. The first-order valence-electron chi connectivity index (χ1n) is 10.0. The second-order valence-corrected chi connectivity index (χ2v) is 8.53. The molecule has 0 aromatic heterocycles. The predicted molar refractivity (Wildman–Crippen MR) is 120 cm³/mol. The third-order valence-corrected chi connectivity index (χ3v) is 6.74. The molecule has 0 radical (unpaired) electrons. The van der Waals surface area contributed by atoms with E-state index >= 15 is 0 Å². The molecule has 0 saturated carbocycles. The Hall–Kier alpha value is -3.28. The number of hydrazone groups is 2.